The fourth-order valence-electron chi connectivity index (χ4n) is 2.42. The summed E-state index contributed by atoms with van der Waals surface area (Å²) >= 11 is 0. The first kappa shape index (κ1) is 15.2. The first-order valence-electron chi connectivity index (χ1n) is 8.01. The van der Waals surface area contributed by atoms with Crippen LogP contribution in [0.25, 0.3) is 11.1 Å². The topological polar surface area (TPSA) is 55.6 Å². The molecule has 0 aliphatic heterocycles. The molecule has 0 aliphatic carbocycles. The Kier molecular flexibility index (Phi) is 4.99. The molecule has 1 N–H and O–H groups in total. The third-order valence-corrected chi connectivity index (χ3v) is 3.77. The van der Waals surface area contributed by atoms with Crippen LogP contribution in [0.15, 0.2) is 54.6 Å². The number of aromatic nitrogens is 4. The first-order chi connectivity index (χ1) is 11.4. The van der Waals surface area contributed by atoms with Crippen LogP contribution in [0, 0.1) is 0 Å². The Labute approximate surface area is 136 Å². The maximum Gasteiger partial charge on any atom is 0.243 e. The molecule has 0 amide bonds. The number of hydrogen-bond donors (Lipinski definition) is 1. The Bertz CT molecular complexity index is 719. The summed E-state index contributed by atoms with van der Waals surface area (Å²) in [4.78, 5) is 0. The molecular weight excluding hydrogens is 286 g/mol. The van der Waals surface area contributed by atoms with Gasteiger partial charge in [0.2, 0.25) is 5.95 Å². The van der Waals surface area contributed by atoms with Crippen molar-refractivity contribution in [1.82, 2.24) is 20.2 Å². The third kappa shape index (κ3) is 3.94. The summed E-state index contributed by atoms with van der Waals surface area (Å²) in [7, 11) is 0. The van der Waals surface area contributed by atoms with Gasteiger partial charge in [0.1, 0.15) is 0 Å². The average molecular weight is 307 g/mol. The molecular formula is C18H21N5. The molecule has 5 heteroatoms. The Hall–Kier alpha value is -2.69. The largest absolute Gasteiger partial charge is 0.349 e. The molecule has 0 fully saturated rings. The molecule has 0 unspecified atom stereocenters. The van der Waals surface area contributed by atoms with Gasteiger partial charge in [-0.25, -0.2) is 4.68 Å². The van der Waals surface area contributed by atoms with Crippen molar-refractivity contribution in [2.75, 3.05) is 5.32 Å². The lowest BCUT2D eigenvalue weighted by Crippen LogP contribution is -2.09. The van der Waals surface area contributed by atoms with E-state index in [1.165, 1.54) is 16.7 Å². The maximum absolute atomic E-state index is 4.04. The van der Waals surface area contributed by atoms with Crippen LogP contribution in [0.5, 0.6) is 0 Å². The smallest absolute Gasteiger partial charge is 0.243 e. The molecule has 2 aromatic carbocycles. The van der Waals surface area contributed by atoms with Crippen LogP contribution in [0.4, 0.5) is 5.95 Å². The fourth-order valence-corrected chi connectivity index (χ4v) is 2.42. The SMILES string of the molecule is CCCCn1nnnc1NCc1ccc(-c2ccccc2)cc1. The molecule has 0 saturated carbocycles. The number of nitrogens with one attached hydrogen (secondary N) is 1. The first-order valence-corrected chi connectivity index (χ1v) is 8.01. The number of aryl methyl sites for hydroxylation is 1. The predicted octanol–water partition coefficient (Wildman–Crippen LogP) is 3.75. The molecule has 3 aromatic rings. The van der Waals surface area contributed by atoms with Gasteiger partial charge in [-0.15, -0.1) is 0 Å². The van der Waals surface area contributed by atoms with Crippen LogP contribution in [-0.2, 0) is 13.1 Å². The van der Waals surface area contributed by atoms with Crippen LogP contribution < -0.4 is 5.32 Å². The van der Waals surface area contributed by atoms with Crippen molar-refractivity contribution >= 4 is 5.95 Å². The number of benzene rings is 2. The van der Waals surface area contributed by atoms with Crippen LogP contribution >= 0.6 is 0 Å². The van der Waals surface area contributed by atoms with Gasteiger partial charge in [0, 0.05) is 13.1 Å². The number of hydrogen-bond acceptors (Lipinski definition) is 4. The van der Waals surface area contributed by atoms with E-state index >= 15 is 0 Å². The zero-order valence-corrected chi connectivity index (χ0v) is 13.3. The van der Waals surface area contributed by atoms with E-state index in [1.807, 2.05) is 10.7 Å². The van der Waals surface area contributed by atoms with E-state index in [4.69, 9.17) is 0 Å². The van der Waals surface area contributed by atoms with E-state index in [0.717, 1.165) is 25.3 Å². The lowest BCUT2D eigenvalue weighted by atomic mass is 10.0. The Morgan fingerprint density at radius 3 is 2.43 bits per heavy atom. The summed E-state index contributed by atoms with van der Waals surface area (Å²) in [5.41, 5.74) is 3.66. The van der Waals surface area contributed by atoms with E-state index in [-0.39, 0.29) is 0 Å². The zero-order chi connectivity index (χ0) is 15.9. The summed E-state index contributed by atoms with van der Waals surface area (Å²) in [5, 5.41) is 15.1. The van der Waals surface area contributed by atoms with E-state index < -0.39 is 0 Å². The molecule has 0 bridgehead atoms. The summed E-state index contributed by atoms with van der Waals surface area (Å²) in [6, 6.07) is 18.9. The minimum Gasteiger partial charge on any atom is -0.349 e. The van der Waals surface area contributed by atoms with Gasteiger partial charge >= 0.3 is 0 Å². The van der Waals surface area contributed by atoms with E-state index in [0.29, 0.717) is 6.54 Å². The van der Waals surface area contributed by atoms with E-state index in [9.17, 15) is 0 Å². The number of unbranched alkanes of at least 4 members (excludes halogenated alkanes) is 1. The van der Waals surface area contributed by atoms with Crippen LogP contribution in [0.1, 0.15) is 25.3 Å². The lowest BCUT2D eigenvalue weighted by molar-refractivity contribution is 0.556. The molecule has 5 nitrogen and oxygen atoms in total. The zero-order valence-electron chi connectivity index (χ0n) is 13.3. The molecule has 0 saturated heterocycles. The molecule has 23 heavy (non-hydrogen) atoms. The van der Waals surface area contributed by atoms with Crippen molar-refractivity contribution in [3.63, 3.8) is 0 Å². The van der Waals surface area contributed by atoms with Crippen molar-refractivity contribution in [2.45, 2.75) is 32.9 Å². The van der Waals surface area contributed by atoms with Gasteiger partial charge in [0.15, 0.2) is 0 Å². The monoisotopic (exact) mass is 307 g/mol. The van der Waals surface area contributed by atoms with Crippen molar-refractivity contribution in [3.05, 3.63) is 60.2 Å². The van der Waals surface area contributed by atoms with Gasteiger partial charge in [-0.2, -0.15) is 0 Å². The molecule has 118 valence electrons. The molecule has 0 aliphatic rings. The van der Waals surface area contributed by atoms with Gasteiger partial charge < -0.3 is 5.32 Å². The summed E-state index contributed by atoms with van der Waals surface area (Å²) in [5.74, 6) is 0.727. The average Bonchev–Trinajstić information content (AvgIpc) is 3.07. The Morgan fingerprint density at radius 2 is 1.70 bits per heavy atom. The van der Waals surface area contributed by atoms with Gasteiger partial charge in [0.25, 0.3) is 0 Å². The van der Waals surface area contributed by atoms with Crippen molar-refractivity contribution in [3.8, 4) is 11.1 Å². The van der Waals surface area contributed by atoms with Gasteiger partial charge in [-0.3, -0.25) is 0 Å². The van der Waals surface area contributed by atoms with E-state index in [2.05, 4.69) is 76.3 Å². The van der Waals surface area contributed by atoms with Gasteiger partial charge in [0.05, 0.1) is 0 Å². The second kappa shape index (κ2) is 7.54. The molecule has 0 atom stereocenters. The predicted molar refractivity (Wildman–Crippen MR) is 91.9 cm³/mol. The highest BCUT2D eigenvalue weighted by atomic mass is 15.6. The molecule has 0 radical (unpaired) electrons. The number of rotatable bonds is 7. The minimum absolute atomic E-state index is 0.710. The molecule has 1 heterocycles. The Morgan fingerprint density at radius 1 is 0.957 bits per heavy atom. The highest BCUT2D eigenvalue weighted by Crippen LogP contribution is 2.19. The van der Waals surface area contributed by atoms with Gasteiger partial charge in [-0.05, 0) is 33.5 Å². The van der Waals surface area contributed by atoms with E-state index in [1.54, 1.807) is 0 Å². The van der Waals surface area contributed by atoms with Crippen molar-refractivity contribution in [2.24, 2.45) is 0 Å². The number of nitrogens with zero attached hydrogens (tertiary/aromatic N) is 4. The quantitative estimate of drug-likeness (QED) is 0.722. The van der Waals surface area contributed by atoms with Crippen LogP contribution in [0.2, 0.25) is 0 Å². The molecule has 3 rings (SSSR count). The Balaban J connectivity index is 1.62. The number of tetrazole rings is 1. The lowest BCUT2D eigenvalue weighted by Gasteiger charge is -2.08. The van der Waals surface area contributed by atoms with Crippen LogP contribution in [0.3, 0.4) is 0 Å². The van der Waals surface area contributed by atoms with Crippen LogP contribution in [-0.4, -0.2) is 20.2 Å². The molecule has 0 spiro atoms. The minimum atomic E-state index is 0.710. The second-order valence-electron chi connectivity index (χ2n) is 5.50. The second-order valence-corrected chi connectivity index (χ2v) is 5.50. The maximum atomic E-state index is 4.04. The highest BCUT2D eigenvalue weighted by Gasteiger charge is 2.05. The summed E-state index contributed by atoms with van der Waals surface area (Å²) in [6.45, 7) is 3.71. The fraction of sp³-hybridized carbons (Fsp3) is 0.278. The third-order valence-electron chi connectivity index (χ3n) is 3.77. The number of anilines is 1. The summed E-state index contributed by atoms with van der Waals surface area (Å²) in [6.07, 6.45) is 2.20. The normalized spacial score (nSPS) is 10.7. The van der Waals surface area contributed by atoms with Gasteiger partial charge in [-0.1, -0.05) is 73.0 Å². The summed E-state index contributed by atoms with van der Waals surface area (Å²) < 4.78 is 1.82. The highest BCUT2D eigenvalue weighted by molar-refractivity contribution is 5.63. The molecule has 1 aromatic heterocycles. The standard InChI is InChI=1S/C18H21N5/c1-2-3-13-23-18(20-21-22-23)19-14-15-9-11-17(12-10-15)16-7-5-4-6-8-16/h4-12H,2-3,13-14H2,1H3,(H,19,20,22). The van der Waals surface area contributed by atoms with Crippen molar-refractivity contribution < 1.29 is 0 Å². The van der Waals surface area contributed by atoms with Crippen molar-refractivity contribution in [1.29, 1.82) is 0 Å².